The average molecular weight is 1210 g/mol. The molecule has 23 nitrogen and oxygen atoms in total. The van der Waals surface area contributed by atoms with Gasteiger partial charge in [0.1, 0.15) is 49.1 Å². The van der Waals surface area contributed by atoms with E-state index in [0.29, 0.717) is 70.5 Å². The van der Waals surface area contributed by atoms with E-state index in [0.717, 1.165) is 37.5 Å². The van der Waals surface area contributed by atoms with Gasteiger partial charge in [0, 0.05) is 25.9 Å². The van der Waals surface area contributed by atoms with E-state index < -0.39 is 113 Å². The Morgan fingerprint density at radius 3 is 1.57 bits per heavy atom. The van der Waals surface area contributed by atoms with Crippen molar-refractivity contribution in [1.82, 2.24) is 42.5 Å². The molecule has 0 radical (unpaired) electrons. The van der Waals surface area contributed by atoms with Gasteiger partial charge in [0.2, 0.25) is 47.3 Å². The summed E-state index contributed by atoms with van der Waals surface area (Å²) in [5, 5.41) is 33.3. The predicted octanol–water partition coefficient (Wildman–Crippen LogP) is 2.76. The molecule has 0 saturated heterocycles. The number of aliphatic hydroxyl groups excluding tert-OH is 1. The lowest BCUT2D eigenvalue weighted by Crippen LogP contribution is -2.59. The molecule has 0 fully saturated rings. The number of aliphatic hydroxyl groups is 1. The lowest BCUT2D eigenvalue weighted by Gasteiger charge is -2.33. The lowest BCUT2D eigenvalue weighted by atomic mass is 9.82. The van der Waals surface area contributed by atoms with E-state index in [1.54, 1.807) is 26.0 Å². The third-order valence-electron chi connectivity index (χ3n) is 15.3. The molecule has 0 bridgehead atoms. The summed E-state index contributed by atoms with van der Waals surface area (Å²) in [7, 11) is 0. The van der Waals surface area contributed by atoms with Gasteiger partial charge in [-0.05, 0) is 135 Å². The molecule has 1 rings (SSSR count). The number of nitrogens with two attached hydrogens (primary N) is 3. The van der Waals surface area contributed by atoms with E-state index in [2.05, 4.69) is 48.6 Å². The van der Waals surface area contributed by atoms with Crippen LogP contribution in [0.5, 0.6) is 0 Å². The van der Waals surface area contributed by atoms with Gasteiger partial charge in [-0.25, -0.2) is 0 Å². The Kier molecular flexibility index (Phi) is 37.6. The summed E-state index contributed by atoms with van der Waals surface area (Å²) >= 11 is 0. The van der Waals surface area contributed by atoms with Crippen LogP contribution in [0, 0.1) is 28.6 Å². The van der Waals surface area contributed by atoms with E-state index in [-0.39, 0.29) is 62.9 Å². The second-order valence-electron chi connectivity index (χ2n) is 24.8. The van der Waals surface area contributed by atoms with Crippen molar-refractivity contribution < 1.29 is 57.8 Å². The molecule has 0 aliphatic heterocycles. The van der Waals surface area contributed by atoms with Crippen LogP contribution < -0.4 is 59.7 Å². The number of hydrogen-bond acceptors (Lipinski definition) is 15. The largest absolute Gasteiger partial charge is 0.391 e. The van der Waals surface area contributed by atoms with Gasteiger partial charge in [0.25, 0.3) is 0 Å². The van der Waals surface area contributed by atoms with Crippen molar-refractivity contribution in [2.45, 2.75) is 233 Å². The Labute approximate surface area is 511 Å². The molecule has 86 heavy (non-hydrogen) atoms. The number of allylic oxidation sites excluding steroid dienone is 2. The molecule has 8 amide bonds. The van der Waals surface area contributed by atoms with Gasteiger partial charge in [0.15, 0.2) is 0 Å². The fourth-order valence-electron chi connectivity index (χ4n) is 9.61. The summed E-state index contributed by atoms with van der Waals surface area (Å²) < 4.78 is 0. The molecule has 11 atom stereocenters. The van der Waals surface area contributed by atoms with Crippen molar-refractivity contribution in [3.63, 3.8) is 0 Å². The molecule has 0 unspecified atom stereocenters. The molecular formula is C63H107N11O12. The zero-order chi connectivity index (χ0) is 65.0. The second-order valence-corrected chi connectivity index (χ2v) is 24.8. The van der Waals surface area contributed by atoms with Crippen LogP contribution in [0.2, 0.25) is 0 Å². The highest BCUT2D eigenvalue weighted by molar-refractivity contribution is 5.96. The summed E-state index contributed by atoms with van der Waals surface area (Å²) in [5.74, 6) is -4.99. The normalized spacial score (nSPS) is 16.2. The summed E-state index contributed by atoms with van der Waals surface area (Å²) in [4.78, 5) is 143. The number of carbonyl (C=O) groups is 11. The van der Waals surface area contributed by atoms with Gasteiger partial charge in [-0.3, -0.25) is 38.4 Å². The fraction of sp³-hybridized carbons (Fsp3) is 0.698. The molecule has 0 spiro atoms. The standard InChI is InChI=1S/C63H107N11O12/c1-41(2)33-49(57(82)70-47(36-75)27-21-24-32-64)72-59(84)51(35-46-25-19-18-20-26-46)73-58(83)50(34-42(3)4)74-61(86)63(10,40-68-53(38-77)45(8)78)31-23-17-15-13-11-12-14-16-22-30-62(9,39-67-52(37-76)43(5)6)60(85)69-44(7)56(81)71-48(55(66)80)28-29-54(65)79/h12,14,18-20,25-26,36-38,41-45,47-53,67-68,78H,11,13,15-17,21-24,27-35,39-40,64H2,1-10H3,(H2,65,79)(H2,66,80)(H,69,85)(H,70,82)(H,71,81)(H,72,84)(H,73,83)(H,74,86)/t44-,45+,47-,48-,49-,50-,51-,52+,53+,62+,63-/m0/s1. The molecule has 0 heterocycles. The summed E-state index contributed by atoms with van der Waals surface area (Å²) in [6, 6.07) is 1.31. The van der Waals surface area contributed by atoms with E-state index >= 15 is 0 Å². The molecule has 0 aliphatic carbocycles. The van der Waals surface area contributed by atoms with E-state index in [9.17, 15) is 57.8 Å². The van der Waals surface area contributed by atoms with Crippen molar-refractivity contribution in [2.75, 3.05) is 19.6 Å². The third kappa shape index (κ3) is 30.8. The number of nitrogens with one attached hydrogen (secondary N) is 8. The minimum Gasteiger partial charge on any atom is -0.391 e. The minimum absolute atomic E-state index is 0.000200. The number of amides is 8. The zero-order valence-electron chi connectivity index (χ0n) is 53.0. The van der Waals surface area contributed by atoms with Crippen LogP contribution in [-0.4, -0.2) is 145 Å². The summed E-state index contributed by atoms with van der Waals surface area (Å²) in [6.45, 7) is 18.4. The van der Waals surface area contributed by atoms with Gasteiger partial charge in [0.05, 0.1) is 35.1 Å². The first-order valence-corrected chi connectivity index (χ1v) is 30.9. The Morgan fingerprint density at radius 2 is 1.05 bits per heavy atom. The second kappa shape index (κ2) is 41.6. The Balaban J connectivity index is 3.20. The number of unbranched alkanes of at least 4 members (excludes halogenated alkanes) is 6. The van der Waals surface area contributed by atoms with Gasteiger partial charge >= 0.3 is 0 Å². The number of carbonyl (C=O) groups excluding carboxylic acids is 11. The predicted molar refractivity (Wildman–Crippen MR) is 332 cm³/mol. The maximum absolute atomic E-state index is 14.6. The third-order valence-corrected chi connectivity index (χ3v) is 15.3. The maximum atomic E-state index is 14.6. The van der Waals surface area contributed by atoms with Gasteiger partial charge < -0.3 is 79.2 Å². The molecule has 1 aromatic carbocycles. The average Bonchev–Trinajstić information content (AvgIpc) is 3.39. The number of hydrogen-bond donors (Lipinski definition) is 12. The Bertz CT molecular complexity index is 2300. The molecule has 23 heteroatoms. The first kappa shape index (κ1) is 77.6. The smallest absolute Gasteiger partial charge is 0.243 e. The van der Waals surface area contributed by atoms with E-state index in [1.807, 2.05) is 65.8 Å². The van der Waals surface area contributed by atoms with Crippen molar-refractivity contribution in [1.29, 1.82) is 0 Å². The van der Waals surface area contributed by atoms with E-state index in [1.165, 1.54) is 13.8 Å². The zero-order valence-corrected chi connectivity index (χ0v) is 53.0. The van der Waals surface area contributed by atoms with Gasteiger partial charge in [-0.15, -0.1) is 0 Å². The van der Waals surface area contributed by atoms with Crippen LogP contribution >= 0.6 is 0 Å². The van der Waals surface area contributed by atoms with Crippen molar-refractivity contribution in [3.8, 4) is 0 Å². The molecule has 15 N–H and O–H groups in total. The topological polar surface area (TPSA) is 382 Å². The minimum atomic E-state index is -1.17. The highest BCUT2D eigenvalue weighted by Crippen LogP contribution is 2.28. The van der Waals surface area contributed by atoms with Crippen molar-refractivity contribution in [3.05, 3.63) is 48.0 Å². The van der Waals surface area contributed by atoms with Crippen molar-refractivity contribution >= 4 is 66.1 Å². The molecule has 0 aliphatic rings. The maximum Gasteiger partial charge on any atom is 0.243 e. The lowest BCUT2D eigenvalue weighted by molar-refractivity contribution is -0.137. The van der Waals surface area contributed by atoms with Crippen LogP contribution in [0.4, 0.5) is 0 Å². The molecule has 486 valence electrons. The number of aldehydes is 3. The van der Waals surface area contributed by atoms with Crippen molar-refractivity contribution in [2.24, 2.45) is 45.8 Å². The Hall–Kier alpha value is -6.43. The van der Waals surface area contributed by atoms with Crippen LogP contribution in [-0.2, 0) is 59.2 Å². The Morgan fingerprint density at radius 1 is 0.547 bits per heavy atom. The van der Waals surface area contributed by atoms with E-state index in [4.69, 9.17) is 17.2 Å². The van der Waals surface area contributed by atoms with Crippen LogP contribution in [0.25, 0.3) is 0 Å². The molecular weight excluding hydrogens is 1100 g/mol. The first-order valence-electron chi connectivity index (χ1n) is 30.9. The van der Waals surface area contributed by atoms with Crippen LogP contribution in [0.1, 0.15) is 178 Å². The van der Waals surface area contributed by atoms with Crippen LogP contribution in [0.15, 0.2) is 42.5 Å². The molecule has 0 aromatic heterocycles. The number of primary amides is 2. The molecule has 1 aromatic rings. The SMILES string of the molecule is CC(C)C[C@H](NC(=O)[C@H](Cc1ccccc1)NC(=O)[C@H](CC(C)C)NC(=O)[C@@](C)(CCCCCCC=CCCC[C@](C)(CN[C@H](C=O)C(C)C)C(=O)N[C@@H](C)C(=O)N[C@@H](CCC(N)=O)C(N)=O)CN[C@H](C=O)[C@@H](C)O)C(=O)N[C@H](C=O)CCCCN. The number of benzene rings is 1. The fourth-order valence-corrected chi connectivity index (χ4v) is 9.61. The summed E-state index contributed by atoms with van der Waals surface area (Å²) in [6.07, 6.45) is 12.9. The quantitative estimate of drug-likeness (QED) is 0.0254. The molecule has 0 saturated carbocycles. The monoisotopic (exact) mass is 1210 g/mol. The van der Waals surface area contributed by atoms with Gasteiger partial charge in [-0.2, -0.15) is 0 Å². The highest BCUT2D eigenvalue weighted by Gasteiger charge is 2.39. The van der Waals surface area contributed by atoms with Crippen LogP contribution in [0.3, 0.4) is 0 Å². The highest BCUT2D eigenvalue weighted by atomic mass is 16.3. The summed E-state index contributed by atoms with van der Waals surface area (Å²) in [5.41, 5.74) is 14.8. The number of rotatable bonds is 48. The first-order chi connectivity index (χ1) is 40.6. The van der Waals surface area contributed by atoms with Gasteiger partial charge in [-0.1, -0.05) is 103 Å².